The van der Waals surface area contributed by atoms with Gasteiger partial charge in [-0.05, 0) is 67.9 Å². The molecular formula is C24H37N3O4. The van der Waals surface area contributed by atoms with Gasteiger partial charge in [-0.1, -0.05) is 13.8 Å². The van der Waals surface area contributed by atoms with Crippen molar-refractivity contribution >= 4 is 11.8 Å². The maximum atomic E-state index is 13.0. The van der Waals surface area contributed by atoms with Crippen LogP contribution in [-0.2, 0) is 9.53 Å². The Morgan fingerprint density at radius 1 is 1.26 bits per heavy atom. The molecule has 2 fully saturated rings. The normalized spacial score (nSPS) is 31.6. The molecule has 7 nitrogen and oxygen atoms in total. The molecule has 7 heteroatoms. The van der Waals surface area contributed by atoms with Gasteiger partial charge >= 0.3 is 0 Å². The van der Waals surface area contributed by atoms with Crippen molar-refractivity contribution in [3.8, 4) is 0 Å². The van der Waals surface area contributed by atoms with Crippen LogP contribution < -0.4 is 10.6 Å². The molecule has 3 N–H and O–H groups in total. The number of pyridine rings is 1. The van der Waals surface area contributed by atoms with E-state index in [0.717, 1.165) is 12.8 Å². The summed E-state index contributed by atoms with van der Waals surface area (Å²) in [6.45, 7) is 7.34. The first kappa shape index (κ1) is 23.7. The Bertz CT molecular complexity index is 780. The molecule has 1 aromatic heterocycles. The van der Waals surface area contributed by atoms with Gasteiger partial charge in [-0.25, -0.2) is 0 Å². The quantitative estimate of drug-likeness (QED) is 0.550. The van der Waals surface area contributed by atoms with Gasteiger partial charge in [-0.2, -0.15) is 0 Å². The van der Waals surface area contributed by atoms with Gasteiger partial charge < -0.3 is 20.5 Å². The maximum Gasteiger partial charge on any atom is 0.253 e. The fourth-order valence-corrected chi connectivity index (χ4v) is 5.90. The van der Waals surface area contributed by atoms with Crippen LogP contribution >= 0.6 is 0 Å². The van der Waals surface area contributed by atoms with Gasteiger partial charge in [0.15, 0.2) is 0 Å². The molecular weight excluding hydrogens is 394 g/mol. The first-order valence-electron chi connectivity index (χ1n) is 11.3. The summed E-state index contributed by atoms with van der Waals surface area (Å²) in [6.07, 6.45) is 7.29. The minimum Gasteiger partial charge on any atom is -0.390 e. The van der Waals surface area contributed by atoms with Gasteiger partial charge in [0, 0.05) is 38.5 Å². The number of rotatable bonds is 8. The Kier molecular flexibility index (Phi) is 7.06. The summed E-state index contributed by atoms with van der Waals surface area (Å²) in [5, 5.41) is 17.0. The highest BCUT2D eigenvalue weighted by atomic mass is 16.5. The van der Waals surface area contributed by atoms with Gasteiger partial charge in [0.2, 0.25) is 5.91 Å². The number of nitrogens with one attached hydrogen (secondary N) is 2. The largest absolute Gasteiger partial charge is 0.390 e. The number of hydrogen-bond donors (Lipinski definition) is 3. The second-order valence-corrected chi connectivity index (χ2v) is 10.3. The number of ether oxygens (including phenoxy) is 1. The second-order valence-electron chi connectivity index (χ2n) is 10.3. The van der Waals surface area contributed by atoms with E-state index >= 15 is 0 Å². The summed E-state index contributed by atoms with van der Waals surface area (Å²) >= 11 is 0. The average molecular weight is 432 g/mol. The number of amides is 2. The third-order valence-electron chi connectivity index (χ3n) is 7.51. The number of aliphatic hydroxyl groups is 1. The third kappa shape index (κ3) is 5.26. The molecule has 172 valence electrons. The monoisotopic (exact) mass is 431 g/mol. The average Bonchev–Trinajstić information content (AvgIpc) is 2.93. The van der Waals surface area contributed by atoms with Crippen LogP contribution in [-0.4, -0.2) is 53.8 Å². The van der Waals surface area contributed by atoms with Crippen LogP contribution in [0.2, 0.25) is 0 Å². The van der Waals surface area contributed by atoms with E-state index in [-0.39, 0.29) is 34.6 Å². The zero-order chi connectivity index (χ0) is 22.7. The van der Waals surface area contributed by atoms with Gasteiger partial charge in [0.05, 0.1) is 17.8 Å². The van der Waals surface area contributed by atoms with Crippen molar-refractivity contribution in [2.75, 3.05) is 20.3 Å². The molecule has 2 saturated carbocycles. The van der Waals surface area contributed by atoms with Crippen molar-refractivity contribution in [2.45, 2.75) is 70.9 Å². The molecule has 0 saturated heterocycles. The van der Waals surface area contributed by atoms with Gasteiger partial charge in [-0.15, -0.1) is 0 Å². The zero-order valence-electron chi connectivity index (χ0n) is 19.2. The number of fused-ring (bicyclic) bond motifs is 1. The van der Waals surface area contributed by atoms with E-state index in [9.17, 15) is 14.7 Å². The van der Waals surface area contributed by atoms with Crippen LogP contribution in [0.1, 0.15) is 69.7 Å². The Morgan fingerprint density at radius 3 is 2.71 bits per heavy atom. The summed E-state index contributed by atoms with van der Waals surface area (Å²) in [6, 6.07) is 3.47. The SMILES string of the molecule is COCCNC(=O)CC[C@]12CC[C@](C)(O)C[C@H]1C(C)(C)C[C@@H]2NC(=O)c1cccnc1. The van der Waals surface area contributed by atoms with Crippen molar-refractivity contribution in [1.82, 2.24) is 15.6 Å². The molecule has 3 rings (SSSR count). The lowest BCUT2D eigenvalue weighted by molar-refractivity contribution is -0.123. The molecule has 0 aromatic carbocycles. The number of aromatic nitrogens is 1. The van der Waals surface area contributed by atoms with Crippen LogP contribution in [0.4, 0.5) is 0 Å². The van der Waals surface area contributed by atoms with E-state index in [1.54, 1.807) is 31.6 Å². The van der Waals surface area contributed by atoms with Gasteiger partial charge in [0.1, 0.15) is 0 Å². The number of nitrogens with zero attached hydrogens (tertiary/aromatic N) is 1. The van der Waals surface area contributed by atoms with Crippen LogP contribution in [0.25, 0.3) is 0 Å². The van der Waals surface area contributed by atoms with Crippen molar-refractivity contribution < 1.29 is 19.4 Å². The lowest BCUT2D eigenvalue weighted by Gasteiger charge is -2.50. The molecule has 1 heterocycles. The van der Waals surface area contributed by atoms with Crippen molar-refractivity contribution in [3.05, 3.63) is 30.1 Å². The molecule has 1 aromatic rings. The number of hydrogen-bond acceptors (Lipinski definition) is 5. The summed E-state index contributed by atoms with van der Waals surface area (Å²) in [7, 11) is 1.61. The highest BCUT2D eigenvalue weighted by Gasteiger charge is 2.61. The Hall–Kier alpha value is -1.99. The Balaban J connectivity index is 1.82. The van der Waals surface area contributed by atoms with E-state index in [1.165, 1.54) is 0 Å². The summed E-state index contributed by atoms with van der Waals surface area (Å²) in [5.74, 6) is 0.0927. The third-order valence-corrected chi connectivity index (χ3v) is 7.51. The zero-order valence-corrected chi connectivity index (χ0v) is 19.2. The summed E-state index contributed by atoms with van der Waals surface area (Å²) < 4.78 is 5.01. The van der Waals surface area contributed by atoms with Crippen molar-refractivity contribution in [2.24, 2.45) is 16.7 Å². The summed E-state index contributed by atoms with van der Waals surface area (Å²) in [4.78, 5) is 29.5. The molecule has 31 heavy (non-hydrogen) atoms. The summed E-state index contributed by atoms with van der Waals surface area (Å²) in [5.41, 5.74) is -0.445. The van der Waals surface area contributed by atoms with Crippen molar-refractivity contribution in [1.29, 1.82) is 0 Å². The van der Waals surface area contributed by atoms with Crippen LogP contribution in [0.3, 0.4) is 0 Å². The molecule has 2 aliphatic rings. The smallest absolute Gasteiger partial charge is 0.253 e. The van der Waals surface area contributed by atoms with E-state index in [1.807, 2.05) is 6.92 Å². The second kappa shape index (κ2) is 9.25. The fraction of sp³-hybridized carbons (Fsp3) is 0.708. The minimum absolute atomic E-state index is 0.00421. The van der Waals surface area contributed by atoms with Crippen LogP contribution in [0.5, 0.6) is 0 Å². The van der Waals surface area contributed by atoms with Gasteiger partial charge in [0.25, 0.3) is 5.91 Å². The van der Waals surface area contributed by atoms with E-state index < -0.39 is 5.60 Å². The fourth-order valence-electron chi connectivity index (χ4n) is 5.90. The standard InChI is InChI=1S/C24H37N3O4/c1-22(2)15-19(27-21(29)17-6-5-11-25-16-17)24(8-7-20(28)26-12-13-31-4)10-9-23(3,30)14-18(22)24/h5-6,11,16,18-19,30H,7-10,12-15H2,1-4H3,(H,26,28)(H,27,29)/t18-,19-,23-,24-/m0/s1. The molecule has 0 unspecified atom stereocenters. The Morgan fingerprint density at radius 2 is 2.03 bits per heavy atom. The molecule has 4 atom stereocenters. The van der Waals surface area contributed by atoms with E-state index in [4.69, 9.17) is 4.74 Å². The number of carbonyl (C=O) groups is 2. The Labute approximate surface area is 185 Å². The number of methoxy groups -OCH3 is 1. The predicted molar refractivity (Wildman–Crippen MR) is 118 cm³/mol. The number of carbonyl (C=O) groups excluding carboxylic acids is 2. The van der Waals surface area contributed by atoms with Crippen molar-refractivity contribution in [3.63, 3.8) is 0 Å². The molecule has 0 spiro atoms. The molecule has 2 amide bonds. The molecule has 0 radical (unpaired) electrons. The first-order chi connectivity index (χ1) is 14.6. The maximum absolute atomic E-state index is 13.0. The highest BCUT2D eigenvalue weighted by molar-refractivity contribution is 5.94. The molecule has 0 bridgehead atoms. The topological polar surface area (TPSA) is 101 Å². The lowest BCUT2D eigenvalue weighted by atomic mass is 9.57. The molecule has 0 aliphatic heterocycles. The van der Waals surface area contributed by atoms with E-state index in [2.05, 4.69) is 29.5 Å². The first-order valence-corrected chi connectivity index (χ1v) is 11.3. The molecule has 2 aliphatic carbocycles. The lowest BCUT2D eigenvalue weighted by Crippen LogP contribution is -2.52. The van der Waals surface area contributed by atoms with Crippen LogP contribution in [0.15, 0.2) is 24.5 Å². The highest BCUT2D eigenvalue weighted by Crippen LogP contribution is 2.63. The minimum atomic E-state index is -0.714. The van der Waals surface area contributed by atoms with Crippen LogP contribution in [0, 0.1) is 16.7 Å². The predicted octanol–water partition coefficient (Wildman–Crippen LogP) is 2.69. The van der Waals surface area contributed by atoms with E-state index in [0.29, 0.717) is 44.4 Å². The van der Waals surface area contributed by atoms with Gasteiger partial charge in [-0.3, -0.25) is 14.6 Å².